The zero-order valence-electron chi connectivity index (χ0n) is 9.88. The first-order valence-corrected chi connectivity index (χ1v) is 6.47. The molecule has 1 aliphatic heterocycles. The van der Waals surface area contributed by atoms with Gasteiger partial charge in [-0.25, -0.2) is 0 Å². The van der Waals surface area contributed by atoms with Gasteiger partial charge in [-0.05, 0) is 42.8 Å². The van der Waals surface area contributed by atoms with Crippen molar-refractivity contribution >= 4 is 11.6 Å². The molecule has 1 aromatic carbocycles. The van der Waals surface area contributed by atoms with Gasteiger partial charge in [0.25, 0.3) is 0 Å². The summed E-state index contributed by atoms with van der Waals surface area (Å²) < 4.78 is 0. The first kappa shape index (κ1) is 11.6. The van der Waals surface area contributed by atoms with Gasteiger partial charge in [0.15, 0.2) is 5.82 Å². The van der Waals surface area contributed by atoms with Gasteiger partial charge >= 0.3 is 0 Å². The molecule has 0 saturated carbocycles. The van der Waals surface area contributed by atoms with Crippen molar-refractivity contribution in [1.29, 1.82) is 0 Å². The summed E-state index contributed by atoms with van der Waals surface area (Å²) in [5.74, 6) is 0.773. The number of aromatic nitrogens is 4. The molecule has 94 valence electrons. The number of hydrogen-bond donors (Lipinski definition) is 1. The van der Waals surface area contributed by atoms with Gasteiger partial charge in [0.2, 0.25) is 0 Å². The Bertz CT molecular complexity index is 533. The number of nitrogens with one attached hydrogen (secondary N) is 1. The lowest BCUT2D eigenvalue weighted by atomic mass is 10.1. The van der Waals surface area contributed by atoms with Crippen molar-refractivity contribution in [2.75, 3.05) is 6.54 Å². The van der Waals surface area contributed by atoms with Gasteiger partial charge in [-0.1, -0.05) is 17.7 Å². The smallest absolute Gasteiger partial charge is 0.176 e. The Morgan fingerprint density at radius 3 is 3.17 bits per heavy atom. The van der Waals surface area contributed by atoms with Crippen molar-refractivity contribution in [2.24, 2.45) is 0 Å². The predicted molar refractivity (Wildman–Crippen MR) is 68.9 cm³/mol. The Kier molecular flexibility index (Phi) is 3.25. The summed E-state index contributed by atoms with van der Waals surface area (Å²) in [4.78, 5) is 1.52. The molecule has 0 aliphatic carbocycles. The summed E-state index contributed by atoms with van der Waals surface area (Å²) in [6, 6.07) is 7.92. The Hall–Kier alpha value is -1.46. The highest BCUT2D eigenvalue weighted by Crippen LogP contribution is 2.13. The van der Waals surface area contributed by atoms with E-state index in [9.17, 15) is 0 Å². The summed E-state index contributed by atoms with van der Waals surface area (Å²) in [7, 11) is 0. The topological polar surface area (TPSA) is 55.6 Å². The van der Waals surface area contributed by atoms with E-state index in [0.29, 0.717) is 11.1 Å². The second-order valence-electron chi connectivity index (χ2n) is 4.47. The number of hydrogen-bond acceptors (Lipinski definition) is 4. The van der Waals surface area contributed by atoms with Gasteiger partial charge in [0.05, 0.1) is 5.69 Å². The second kappa shape index (κ2) is 5.04. The van der Waals surface area contributed by atoms with Crippen LogP contribution in [-0.2, 0) is 6.42 Å². The van der Waals surface area contributed by atoms with Crippen molar-refractivity contribution < 1.29 is 0 Å². The van der Waals surface area contributed by atoms with E-state index in [0.717, 1.165) is 24.5 Å². The fraction of sp³-hybridized carbons (Fsp3) is 0.417. The lowest BCUT2D eigenvalue weighted by molar-refractivity contribution is 0.584. The first-order valence-electron chi connectivity index (χ1n) is 6.09. The van der Waals surface area contributed by atoms with Gasteiger partial charge in [-0.2, -0.15) is 0 Å². The summed E-state index contributed by atoms with van der Waals surface area (Å²) in [5.41, 5.74) is 0.834. The van der Waals surface area contributed by atoms with E-state index < -0.39 is 0 Å². The minimum absolute atomic E-state index is 0.488. The molecule has 1 aliphatic rings. The molecule has 18 heavy (non-hydrogen) atoms. The van der Waals surface area contributed by atoms with Gasteiger partial charge in [-0.15, -0.1) is 15.0 Å². The van der Waals surface area contributed by atoms with E-state index in [-0.39, 0.29) is 0 Å². The van der Waals surface area contributed by atoms with E-state index in [1.165, 1.54) is 17.6 Å². The first-order chi connectivity index (χ1) is 8.81. The molecule has 1 saturated heterocycles. The number of nitrogens with zero attached hydrogens (tertiary/aromatic N) is 4. The summed E-state index contributed by atoms with van der Waals surface area (Å²) >= 11 is 5.94. The quantitative estimate of drug-likeness (QED) is 0.914. The van der Waals surface area contributed by atoms with Gasteiger partial charge in [-0.3, -0.25) is 0 Å². The van der Waals surface area contributed by atoms with Gasteiger partial charge in [0, 0.05) is 17.5 Å². The van der Waals surface area contributed by atoms with E-state index in [2.05, 4.69) is 20.7 Å². The Morgan fingerprint density at radius 2 is 2.39 bits per heavy atom. The molecule has 0 spiro atoms. The zero-order valence-corrected chi connectivity index (χ0v) is 10.6. The van der Waals surface area contributed by atoms with Crippen LogP contribution >= 0.6 is 11.6 Å². The highest BCUT2D eigenvalue weighted by molar-refractivity contribution is 6.30. The molecule has 1 unspecified atom stereocenters. The Labute approximate surface area is 110 Å². The molecule has 0 bridgehead atoms. The molecule has 0 amide bonds. The lowest BCUT2D eigenvalue weighted by Crippen LogP contribution is -2.24. The molecule has 1 fully saturated rings. The minimum atomic E-state index is 0.488. The third kappa shape index (κ3) is 2.52. The molecule has 2 heterocycles. The van der Waals surface area contributed by atoms with Crippen molar-refractivity contribution in [3.63, 3.8) is 0 Å². The van der Waals surface area contributed by atoms with Crippen molar-refractivity contribution in [1.82, 2.24) is 25.5 Å². The van der Waals surface area contributed by atoms with Crippen LogP contribution in [0.4, 0.5) is 0 Å². The molecule has 1 atom stereocenters. The molecule has 1 aromatic heterocycles. The van der Waals surface area contributed by atoms with Gasteiger partial charge < -0.3 is 5.32 Å². The van der Waals surface area contributed by atoms with Crippen LogP contribution in [-0.4, -0.2) is 32.8 Å². The second-order valence-corrected chi connectivity index (χ2v) is 4.91. The highest BCUT2D eigenvalue weighted by Gasteiger charge is 2.17. The SMILES string of the molecule is Clc1cccc(-n2nnc(CC3CCCN3)n2)c1. The molecule has 5 nitrogen and oxygen atoms in total. The number of halogens is 1. The van der Waals surface area contributed by atoms with Crippen molar-refractivity contribution in [2.45, 2.75) is 25.3 Å². The summed E-state index contributed by atoms with van der Waals surface area (Å²) in [6.45, 7) is 1.09. The predicted octanol–water partition coefficient (Wildman–Crippen LogP) is 1.61. The zero-order chi connectivity index (χ0) is 12.4. The van der Waals surface area contributed by atoms with Crippen LogP contribution in [0.1, 0.15) is 18.7 Å². The summed E-state index contributed by atoms with van der Waals surface area (Å²) in [6.07, 6.45) is 3.25. The number of rotatable bonds is 3. The van der Waals surface area contributed by atoms with E-state index >= 15 is 0 Å². The van der Waals surface area contributed by atoms with Crippen LogP contribution in [0.3, 0.4) is 0 Å². The van der Waals surface area contributed by atoms with Crippen molar-refractivity contribution in [3.8, 4) is 5.69 Å². The maximum Gasteiger partial charge on any atom is 0.176 e. The van der Waals surface area contributed by atoms with Crippen LogP contribution in [0.2, 0.25) is 5.02 Å². The third-order valence-electron chi connectivity index (χ3n) is 3.09. The Balaban J connectivity index is 1.76. The molecular formula is C12H14ClN5. The minimum Gasteiger partial charge on any atom is -0.314 e. The molecule has 0 radical (unpaired) electrons. The van der Waals surface area contributed by atoms with E-state index in [1.807, 2.05) is 24.3 Å². The number of benzene rings is 1. The van der Waals surface area contributed by atoms with Crippen molar-refractivity contribution in [3.05, 3.63) is 35.1 Å². The standard InChI is InChI=1S/C12H14ClN5/c13-9-3-1-5-11(7-9)18-16-12(15-17-18)8-10-4-2-6-14-10/h1,3,5,7,10,14H,2,4,6,8H2. The molecule has 3 rings (SSSR count). The highest BCUT2D eigenvalue weighted by atomic mass is 35.5. The third-order valence-corrected chi connectivity index (χ3v) is 3.32. The van der Waals surface area contributed by atoms with Crippen LogP contribution < -0.4 is 5.32 Å². The van der Waals surface area contributed by atoms with Crippen LogP contribution in [0, 0.1) is 0 Å². The average Bonchev–Trinajstić information content (AvgIpc) is 3.01. The fourth-order valence-electron chi connectivity index (χ4n) is 2.19. The van der Waals surface area contributed by atoms with Crippen LogP contribution in [0.15, 0.2) is 24.3 Å². The van der Waals surface area contributed by atoms with E-state index in [1.54, 1.807) is 0 Å². The monoisotopic (exact) mass is 263 g/mol. The van der Waals surface area contributed by atoms with Crippen LogP contribution in [0.5, 0.6) is 0 Å². The van der Waals surface area contributed by atoms with E-state index in [4.69, 9.17) is 11.6 Å². The van der Waals surface area contributed by atoms with Crippen LogP contribution in [0.25, 0.3) is 5.69 Å². The maximum atomic E-state index is 5.94. The number of tetrazole rings is 1. The Morgan fingerprint density at radius 1 is 1.44 bits per heavy atom. The molecule has 1 N–H and O–H groups in total. The molecular weight excluding hydrogens is 250 g/mol. The summed E-state index contributed by atoms with van der Waals surface area (Å²) in [5, 5.41) is 16.6. The lowest BCUT2D eigenvalue weighted by Gasteiger charge is -2.05. The fourth-order valence-corrected chi connectivity index (χ4v) is 2.37. The normalized spacial score (nSPS) is 19.3. The largest absolute Gasteiger partial charge is 0.314 e. The maximum absolute atomic E-state index is 5.94. The average molecular weight is 264 g/mol. The molecule has 2 aromatic rings. The molecule has 6 heteroatoms. The van der Waals surface area contributed by atoms with Gasteiger partial charge in [0.1, 0.15) is 0 Å².